The predicted molar refractivity (Wildman–Crippen MR) is 50.6 cm³/mol. The quantitative estimate of drug-likeness (QED) is 0.644. The van der Waals surface area contributed by atoms with Crippen LogP contribution >= 0.6 is 0 Å². The predicted octanol–water partition coefficient (Wildman–Crippen LogP) is 3.43. The van der Waals surface area contributed by atoms with Gasteiger partial charge in [0.15, 0.2) is 11.6 Å². The Labute approximate surface area is 80.8 Å². The maximum Gasteiger partial charge on any atom is 0.166 e. The molecule has 0 atom stereocenters. The van der Waals surface area contributed by atoms with E-state index in [-0.39, 0.29) is 5.56 Å². The Kier molecular flexibility index (Phi) is 2.27. The van der Waals surface area contributed by atoms with E-state index in [0.717, 1.165) is 6.07 Å². The molecular weight excluding hydrogens is 182 g/mol. The lowest BCUT2D eigenvalue weighted by Gasteiger charge is -2.02. The summed E-state index contributed by atoms with van der Waals surface area (Å²) in [6.45, 7) is 0. The van der Waals surface area contributed by atoms with Gasteiger partial charge >= 0.3 is 0 Å². The summed E-state index contributed by atoms with van der Waals surface area (Å²) in [5, 5.41) is 0. The Hall–Kier alpha value is -1.70. The van der Waals surface area contributed by atoms with Crippen molar-refractivity contribution in [3.8, 4) is 11.1 Å². The highest BCUT2D eigenvalue weighted by atomic mass is 19.2. The standard InChI is InChI=1S/C12H7F2/c13-11-8-4-7-10(12(11)14)9-5-2-1-3-6-9/h1-5,7-8H. The van der Waals surface area contributed by atoms with Crippen LogP contribution in [-0.2, 0) is 0 Å². The lowest BCUT2D eigenvalue weighted by molar-refractivity contribution is 0.511. The largest absolute Gasteiger partial charge is 0.204 e. The van der Waals surface area contributed by atoms with Crippen LogP contribution in [0.1, 0.15) is 0 Å². The third-order valence-corrected chi connectivity index (χ3v) is 1.95. The molecule has 0 aliphatic carbocycles. The first kappa shape index (κ1) is 8.88. The molecule has 2 aromatic rings. The van der Waals surface area contributed by atoms with Crippen LogP contribution in [0.4, 0.5) is 8.78 Å². The number of hydrogen-bond donors (Lipinski definition) is 0. The van der Waals surface area contributed by atoms with Gasteiger partial charge in [0.1, 0.15) is 0 Å². The molecule has 0 N–H and O–H groups in total. The molecule has 0 fully saturated rings. The van der Waals surface area contributed by atoms with Crippen molar-refractivity contribution in [2.24, 2.45) is 0 Å². The molecule has 0 saturated carbocycles. The highest BCUT2D eigenvalue weighted by Gasteiger charge is 2.08. The summed E-state index contributed by atoms with van der Waals surface area (Å²) in [5.41, 5.74) is 0.801. The summed E-state index contributed by atoms with van der Waals surface area (Å²) < 4.78 is 26.2. The first-order valence-electron chi connectivity index (χ1n) is 4.20. The highest BCUT2D eigenvalue weighted by Crippen LogP contribution is 2.23. The minimum atomic E-state index is -0.834. The number of hydrogen-bond acceptors (Lipinski definition) is 0. The molecule has 0 aliphatic rings. The monoisotopic (exact) mass is 189 g/mol. The Morgan fingerprint density at radius 2 is 1.79 bits per heavy atom. The molecule has 0 aliphatic heterocycles. The summed E-state index contributed by atoms with van der Waals surface area (Å²) in [6.07, 6.45) is 0. The molecular formula is C12H7F2. The summed E-state index contributed by atoms with van der Waals surface area (Å²) in [7, 11) is 0. The van der Waals surface area contributed by atoms with Crippen molar-refractivity contribution in [3.63, 3.8) is 0 Å². The van der Waals surface area contributed by atoms with E-state index in [4.69, 9.17) is 0 Å². The zero-order chi connectivity index (χ0) is 9.97. The Bertz CT molecular complexity index is 435. The van der Waals surface area contributed by atoms with E-state index in [1.165, 1.54) is 12.1 Å². The van der Waals surface area contributed by atoms with Crippen LogP contribution in [0, 0.1) is 17.7 Å². The van der Waals surface area contributed by atoms with Crippen molar-refractivity contribution in [2.45, 2.75) is 0 Å². The Balaban J connectivity index is 2.58. The van der Waals surface area contributed by atoms with Crippen LogP contribution in [0.3, 0.4) is 0 Å². The van der Waals surface area contributed by atoms with E-state index in [2.05, 4.69) is 6.07 Å². The Morgan fingerprint density at radius 1 is 0.929 bits per heavy atom. The second kappa shape index (κ2) is 3.58. The van der Waals surface area contributed by atoms with E-state index in [9.17, 15) is 8.78 Å². The van der Waals surface area contributed by atoms with Gasteiger partial charge in [0.25, 0.3) is 0 Å². The fourth-order valence-electron chi connectivity index (χ4n) is 1.27. The van der Waals surface area contributed by atoms with Crippen LogP contribution in [0.5, 0.6) is 0 Å². The van der Waals surface area contributed by atoms with Gasteiger partial charge in [-0.3, -0.25) is 0 Å². The summed E-state index contributed by atoms with van der Waals surface area (Å²) >= 11 is 0. The number of benzene rings is 2. The van der Waals surface area contributed by atoms with Gasteiger partial charge in [-0.05, 0) is 17.7 Å². The summed E-state index contributed by atoms with van der Waals surface area (Å²) in [6, 6.07) is 13.9. The van der Waals surface area contributed by atoms with Gasteiger partial charge in [-0.2, -0.15) is 0 Å². The zero-order valence-corrected chi connectivity index (χ0v) is 7.30. The molecule has 0 nitrogen and oxygen atoms in total. The highest BCUT2D eigenvalue weighted by molar-refractivity contribution is 5.63. The fraction of sp³-hybridized carbons (Fsp3) is 0. The van der Waals surface area contributed by atoms with Crippen LogP contribution in [-0.4, -0.2) is 0 Å². The molecule has 2 aromatic carbocycles. The van der Waals surface area contributed by atoms with Gasteiger partial charge in [-0.15, -0.1) is 0 Å². The van der Waals surface area contributed by atoms with Crippen molar-refractivity contribution in [1.82, 2.24) is 0 Å². The average Bonchev–Trinajstić information content (AvgIpc) is 2.23. The third-order valence-electron chi connectivity index (χ3n) is 1.95. The number of halogens is 2. The van der Waals surface area contributed by atoms with Gasteiger partial charge in [0.05, 0.1) is 0 Å². The lowest BCUT2D eigenvalue weighted by atomic mass is 10.1. The normalized spacial score (nSPS) is 10.1. The molecule has 0 amide bonds. The van der Waals surface area contributed by atoms with Crippen molar-refractivity contribution in [1.29, 1.82) is 0 Å². The van der Waals surface area contributed by atoms with Gasteiger partial charge in [0, 0.05) is 5.56 Å². The van der Waals surface area contributed by atoms with Crippen LogP contribution < -0.4 is 0 Å². The zero-order valence-electron chi connectivity index (χ0n) is 7.30. The molecule has 0 bridgehead atoms. The van der Waals surface area contributed by atoms with Crippen molar-refractivity contribution in [2.75, 3.05) is 0 Å². The van der Waals surface area contributed by atoms with E-state index < -0.39 is 11.6 Å². The molecule has 14 heavy (non-hydrogen) atoms. The lowest BCUT2D eigenvalue weighted by Crippen LogP contribution is -1.88. The molecule has 2 heteroatoms. The molecule has 2 rings (SSSR count). The van der Waals surface area contributed by atoms with Gasteiger partial charge in [-0.1, -0.05) is 36.4 Å². The number of rotatable bonds is 1. The van der Waals surface area contributed by atoms with Crippen LogP contribution in [0.25, 0.3) is 11.1 Å². The first-order valence-corrected chi connectivity index (χ1v) is 4.20. The Morgan fingerprint density at radius 3 is 2.50 bits per heavy atom. The molecule has 0 unspecified atom stereocenters. The molecule has 0 saturated heterocycles. The van der Waals surface area contributed by atoms with Crippen molar-refractivity contribution in [3.05, 3.63) is 60.2 Å². The molecule has 69 valence electrons. The van der Waals surface area contributed by atoms with Crippen LogP contribution in [0.2, 0.25) is 0 Å². The van der Waals surface area contributed by atoms with E-state index in [1.807, 2.05) is 0 Å². The van der Waals surface area contributed by atoms with E-state index >= 15 is 0 Å². The molecule has 0 heterocycles. The van der Waals surface area contributed by atoms with Gasteiger partial charge < -0.3 is 0 Å². The second-order valence-corrected chi connectivity index (χ2v) is 2.88. The van der Waals surface area contributed by atoms with E-state index in [0.29, 0.717) is 5.56 Å². The van der Waals surface area contributed by atoms with Crippen LogP contribution in [0.15, 0.2) is 42.5 Å². The second-order valence-electron chi connectivity index (χ2n) is 2.88. The van der Waals surface area contributed by atoms with Gasteiger partial charge in [-0.25, -0.2) is 8.78 Å². The molecule has 0 aromatic heterocycles. The maximum atomic E-state index is 13.3. The average molecular weight is 189 g/mol. The third kappa shape index (κ3) is 1.51. The molecule has 0 spiro atoms. The summed E-state index contributed by atoms with van der Waals surface area (Å²) in [5.74, 6) is -1.66. The summed E-state index contributed by atoms with van der Waals surface area (Å²) in [4.78, 5) is 0. The fourth-order valence-corrected chi connectivity index (χ4v) is 1.27. The van der Waals surface area contributed by atoms with E-state index in [1.54, 1.807) is 24.3 Å². The van der Waals surface area contributed by atoms with Crippen molar-refractivity contribution >= 4 is 0 Å². The minimum Gasteiger partial charge on any atom is -0.204 e. The SMILES string of the molecule is Fc1cccc(-c2[c]cccc2)c1F. The van der Waals surface area contributed by atoms with Crippen molar-refractivity contribution < 1.29 is 8.78 Å². The smallest absolute Gasteiger partial charge is 0.166 e. The molecule has 1 radical (unpaired) electrons. The maximum absolute atomic E-state index is 13.3. The van der Waals surface area contributed by atoms with Gasteiger partial charge in [0.2, 0.25) is 0 Å². The first-order chi connectivity index (χ1) is 6.79. The topological polar surface area (TPSA) is 0 Å². The minimum absolute atomic E-state index is 0.241.